The van der Waals surface area contributed by atoms with Gasteiger partial charge in [0, 0.05) is 18.8 Å². The van der Waals surface area contributed by atoms with Crippen molar-refractivity contribution < 1.29 is 17.5 Å². The van der Waals surface area contributed by atoms with Gasteiger partial charge in [0.25, 0.3) is 0 Å². The lowest BCUT2D eigenvalue weighted by Gasteiger charge is -2.26. The van der Waals surface area contributed by atoms with E-state index in [9.17, 15) is 12.8 Å². The van der Waals surface area contributed by atoms with Crippen molar-refractivity contribution in [2.24, 2.45) is 0 Å². The molecule has 27 heavy (non-hydrogen) atoms. The fourth-order valence-corrected chi connectivity index (χ4v) is 4.29. The molecule has 0 spiro atoms. The number of nitrogens with one attached hydrogen (secondary N) is 2. The zero-order valence-corrected chi connectivity index (χ0v) is 16.4. The highest BCUT2D eigenvalue weighted by atomic mass is 32.2. The van der Waals surface area contributed by atoms with Crippen LogP contribution in [0.25, 0.3) is 0 Å². The maximum absolute atomic E-state index is 13.9. The lowest BCUT2D eigenvalue weighted by molar-refractivity contribution is 0.0730. The first-order valence-electron chi connectivity index (χ1n) is 8.38. The Morgan fingerprint density at radius 3 is 2.41 bits per heavy atom. The highest BCUT2D eigenvalue weighted by molar-refractivity contribution is 7.89. The fourth-order valence-electron chi connectivity index (χ4n) is 2.65. The van der Waals surface area contributed by atoms with Crippen molar-refractivity contribution >= 4 is 38.7 Å². The van der Waals surface area contributed by atoms with E-state index < -0.39 is 15.8 Å². The van der Waals surface area contributed by atoms with Gasteiger partial charge in [-0.15, -0.1) is 0 Å². The average molecular weight is 410 g/mol. The first-order valence-corrected chi connectivity index (χ1v) is 10.2. The molecular weight excluding hydrogens is 389 g/mol. The van der Waals surface area contributed by atoms with Gasteiger partial charge in [0.15, 0.2) is 5.11 Å². The molecule has 1 aliphatic heterocycles. The molecule has 6 nitrogen and oxygen atoms in total. The Morgan fingerprint density at radius 2 is 1.78 bits per heavy atom. The van der Waals surface area contributed by atoms with Crippen molar-refractivity contribution in [2.45, 2.75) is 11.8 Å². The van der Waals surface area contributed by atoms with Crippen LogP contribution in [0.3, 0.4) is 0 Å². The first-order chi connectivity index (χ1) is 12.9. The van der Waals surface area contributed by atoms with E-state index in [2.05, 4.69) is 10.6 Å². The van der Waals surface area contributed by atoms with Gasteiger partial charge in [0.05, 0.1) is 23.8 Å². The van der Waals surface area contributed by atoms with E-state index in [0.29, 0.717) is 32.0 Å². The van der Waals surface area contributed by atoms with Gasteiger partial charge in [0.1, 0.15) is 5.82 Å². The summed E-state index contributed by atoms with van der Waals surface area (Å²) in [5.74, 6) is -0.397. The van der Waals surface area contributed by atoms with Gasteiger partial charge in [-0.3, -0.25) is 0 Å². The molecule has 3 rings (SSSR count). The number of anilines is 2. The maximum atomic E-state index is 13.9. The Labute approximate surface area is 163 Å². The molecule has 1 heterocycles. The van der Waals surface area contributed by atoms with Crippen LogP contribution in [0.15, 0.2) is 47.4 Å². The van der Waals surface area contributed by atoms with Crippen molar-refractivity contribution in [2.75, 3.05) is 36.9 Å². The molecule has 2 aromatic rings. The highest BCUT2D eigenvalue weighted by Gasteiger charge is 2.26. The third kappa shape index (κ3) is 4.81. The van der Waals surface area contributed by atoms with Crippen LogP contribution in [0.5, 0.6) is 0 Å². The summed E-state index contributed by atoms with van der Waals surface area (Å²) in [4.78, 5) is 0.207. The van der Waals surface area contributed by atoms with E-state index in [1.54, 1.807) is 31.2 Å². The van der Waals surface area contributed by atoms with Crippen molar-refractivity contribution in [1.29, 1.82) is 0 Å². The zero-order chi connectivity index (χ0) is 19.4. The first kappa shape index (κ1) is 19.7. The summed E-state index contributed by atoms with van der Waals surface area (Å²) in [6, 6.07) is 11.1. The number of benzene rings is 2. The van der Waals surface area contributed by atoms with Crippen molar-refractivity contribution in [3.63, 3.8) is 0 Å². The normalized spacial score (nSPS) is 15.3. The number of morpholine rings is 1. The van der Waals surface area contributed by atoms with Crippen LogP contribution in [0.4, 0.5) is 15.8 Å². The number of sulfonamides is 1. The summed E-state index contributed by atoms with van der Waals surface area (Å²) in [7, 11) is -3.54. The van der Waals surface area contributed by atoms with Gasteiger partial charge >= 0.3 is 0 Å². The van der Waals surface area contributed by atoms with Crippen LogP contribution in [0.1, 0.15) is 5.56 Å². The van der Waals surface area contributed by atoms with Gasteiger partial charge in [-0.2, -0.15) is 4.31 Å². The Balaban J connectivity index is 1.65. The smallest absolute Gasteiger partial charge is 0.243 e. The maximum Gasteiger partial charge on any atom is 0.243 e. The number of aryl methyl sites for hydroxylation is 1. The lowest BCUT2D eigenvalue weighted by atomic mass is 10.2. The Kier molecular flexibility index (Phi) is 6.05. The second-order valence-corrected chi connectivity index (χ2v) is 8.45. The molecule has 144 valence electrons. The molecule has 0 bridgehead atoms. The molecule has 2 aromatic carbocycles. The van der Waals surface area contributed by atoms with E-state index in [1.165, 1.54) is 22.5 Å². The van der Waals surface area contributed by atoms with Gasteiger partial charge in [0.2, 0.25) is 10.0 Å². The number of hydrogen-bond donors (Lipinski definition) is 2. The quantitative estimate of drug-likeness (QED) is 0.757. The number of rotatable bonds is 4. The van der Waals surface area contributed by atoms with E-state index >= 15 is 0 Å². The zero-order valence-electron chi connectivity index (χ0n) is 14.7. The van der Waals surface area contributed by atoms with Crippen LogP contribution in [-0.2, 0) is 14.8 Å². The van der Waals surface area contributed by atoms with Crippen molar-refractivity contribution in [1.82, 2.24) is 4.31 Å². The molecule has 0 amide bonds. The third-order valence-corrected chi connectivity index (χ3v) is 6.21. The predicted molar refractivity (Wildman–Crippen MR) is 107 cm³/mol. The highest BCUT2D eigenvalue weighted by Crippen LogP contribution is 2.20. The van der Waals surface area contributed by atoms with Crippen LogP contribution in [0, 0.1) is 12.7 Å². The minimum atomic E-state index is -3.54. The van der Waals surface area contributed by atoms with Crippen LogP contribution in [0.2, 0.25) is 0 Å². The average Bonchev–Trinajstić information content (AvgIpc) is 2.65. The third-order valence-electron chi connectivity index (χ3n) is 4.09. The summed E-state index contributed by atoms with van der Waals surface area (Å²) >= 11 is 5.19. The fraction of sp³-hybridized carbons (Fsp3) is 0.278. The predicted octanol–water partition coefficient (Wildman–Crippen LogP) is 2.96. The molecule has 0 radical (unpaired) electrons. The van der Waals surface area contributed by atoms with Crippen LogP contribution < -0.4 is 10.6 Å². The van der Waals surface area contributed by atoms with Crippen molar-refractivity contribution in [3.05, 3.63) is 53.8 Å². The van der Waals surface area contributed by atoms with E-state index in [4.69, 9.17) is 17.0 Å². The van der Waals surface area contributed by atoms with Gasteiger partial charge in [-0.25, -0.2) is 12.8 Å². The van der Waals surface area contributed by atoms with Gasteiger partial charge in [-0.1, -0.05) is 6.07 Å². The Morgan fingerprint density at radius 1 is 1.11 bits per heavy atom. The van der Waals surface area contributed by atoms with E-state index in [0.717, 1.165) is 5.56 Å². The lowest BCUT2D eigenvalue weighted by Crippen LogP contribution is -2.40. The van der Waals surface area contributed by atoms with Gasteiger partial charge in [-0.05, 0) is 61.1 Å². The SMILES string of the molecule is Cc1ccc(NC(=S)Nc2ccc(S(=O)(=O)N3CCOCC3)cc2)c(F)c1. The number of nitrogens with zero attached hydrogens (tertiary/aromatic N) is 1. The molecule has 0 aromatic heterocycles. The summed E-state index contributed by atoms with van der Waals surface area (Å²) in [5.41, 5.74) is 1.68. The largest absolute Gasteiger partial charge is 0.379 e. The number of thiocarbonyl (C=S) groups is 1. The molecule has 0 aliphatic carbocycles. The molecule has 1 fully saturated rings. The molecule has 0 unspecified atom stereocenters. The Hall–Kier alpha value is -2.07. The monoisotopic (exact) mass is 409 g/mol. The summed E-state index contributed by atoms with van der Waals surface area (Å²) in [5, 5.41) is 5.91. The molecule has 0 saturated carbocycles. The topological polar surface area (TPSA) is 70.7 Å². The standard InChI is InChI=1S/C18H20FN3O3S2/c1-13-2-7-17(16(19)12-13)21-18(26)20-14-3-5-15(6-4-14)27(23,24)22-8-10-25-11-9-22/h2-7,12H,8-11H2,1H3,(H2,20,21,26). The summed E-state index contributed by atoms with van der Waals surface area (Å²) < 4.78 is 45.7. The molecule has 2 N–H and O–H groups in total. The molecule has 1 aliphatic rings. The molecule has 9 heteroatoms. The molecular formula is C18H20FN3O3S2. The Bertz CT molecular complexity index is 927. The minimum absolute atomic E-state index is 0.207. The second-order valence-electron chi connectivity index (χ2n) is 6.10. The summed E-state index contributed by atoms with van der Waals surface area (Å²) in [6.45, 7) is 3.29. The van der Waals surface area contributed by atoms with E-state index in [1.807, 2.05) is 0 Å². The number of ether oxygens (including phenoxy) is 1. The molecule has 0 atom stereocenters. The summed E-state index contributed by atoms with van der Waals surface area (Å²) in [6.07, 6.45) is 0. The van der Waals surface area contributed by atoms with E-state index in [-0.39, 0.29) is 15.7 Å². The minimum Gasteiger partial charge on any atom is -0.379 e. The van der Waals surface area contributed by atoms with Crippen molar-refractivity contribution in [3.8, 4) is 0 Å². The second kappa shape index (κ2) is 8.30. The van der Waals surface area contributed by atoms with Crippen LogP contribution >= 0.6 is 12.2 Å². The van der Waals surface area contributed by atoms with Crippen LogP contribution in [-0.4, -0.2) is 44.1 Å². The number of hydrogen-bond acceptors (Lipinski definition) is 4. The number of halogens is 1. The van der Waals surface area contributed by atoms with Gasteiger partial charge < -0.3 is 15.4 Å². The molecule has 1 saturated heterocycles.